The SMILES string of the molecule is O=C1c2ccccc2CCCC1C1CCCOC1. The van der Waals surface area contributed by atoms with Crippen molar-refractivity contribution in [2.45, 2.75) is 32.1 Å². The lowest BCUT2D eigenvalue weighted by molar-refractivity contribution is 0.0278. The molecule has 0 N–H and O–H groups in total. The number of benzene rings is 1. The van der Waals surface area contributed by atoms with E-state index >= 15 is 0 Å². The number of fused-ring (bicyclic) bond motifs is 1. The van der Waals surface area contributed by atoms with Gasteiger partial charge in [-0.3, -0.25) is 4.79 Å². The largest absolute Gasteiger partial charge is 0.381 e. The molecule has 0 radical (unpaired) electrons. The fraction of sp³-hybridized carbons (Fsp3) is 0.562. The van der Waals surface area contributed by atoms with Gasteiger partial charge in [0.1, 0.15) is 0 Å². The number of aryl methyl sites for hydroxylation is 1. The van der Waals surface area contributed by atoms with Gasteiger partial charge in [0.15, 0.2) is 5.78 Å². The summed E-state index contributed by atoms with van der Waals surface area (Å²) in [5, 5.41) is 0. The third-order valence-electron chi connectivity index (χ3n) is 4.35. The van der Waals surface area contributed by atoms with E-state index in [0.29, 0.717) is 11.7 Å². The number of hydrogen-bond donors (Lipinski definition) is 0. The second-order valence-corrected chi connectivity index (χ2v) is 5.50. The zero-order valence-electron chi connectivity index (χ0n) is 10.7. The van der Waals surface area contributed by atoms with E-state index in [9.17, 15) is 4.79 Å². The standard InChI is InChI=1S/C16H20O2/c17-16-14-8-2-1-5-12(14)6-3-9-15(16)13-7-4-10-18-11-13/h1-2,5,8,13,15H,3-4,6-7,9-11H2. The van der Waals surface area contributed by atoms with Gasteiger partial charge in [0.05, 0.1) is 6.61 Å². The maximum atomic E-state index is 12.7. The van der Waals surface area contributed by atoms with Gasteiger partial charge < -0.3 is 4.74 Å². The Hall–Kier alpha value is -1.15. The molecule has 0 amide bonds. The highest BCUT2D eigenvalue weighted by molar-refractivity contribution is 5.99. The van der Waals surface area contributed by atoms with Gasteiger partial charge in [0.2, 0.25) is 0 Å². The topological polar surface area (TPSA) is 26.3 Å². The van der Waals surface area contributed by atoms with Gasteiger partial charge in [-0.2, -0.15) is 0 Å². The fourth-order valence-corrected chi connectivity index (χ4v) is 3.35. The van der Waals surface area contributed by atoms with Crippen molar-refractivity contribution in [3.63, 3.8) is 0 Å². The van der Waals surface area contributed by atoms with Crippen LogP contribution in [-0.4, -0.2) is 19.0 Å². The molecule has 1 aromatic rings. The summed E-state index contributed by atoms with van der Waals surface area (Å²) < 4.78 is 5.56. The summed E-state index contributed by atoms with van der Waals surface area (Å²) in [4.78, 5) is 12.7. The lowest BCUT2D eigenvalue weighted by atomic mass is 9.81. The molecule has 1 aliphatic heterocycles. The first-order valence-electron chi connectivity index (χ1n) is 7.06. The van der Waals surface area contributed by atoms with E-state index in [0.717, 1.165) is 50.9 Å². The Morgan fingerprint density at radius 2 is 2.00 bits per heavy atom. The molecule has 0 saturated carbocycles. The summed E-state index contributed by atoms with van der Waals surface area (Å²) in [5.74, 6) is 0.991. The van der Waals surface area contributed by atoms with Crippen LogP contribution >= 0.6 is 0 Å². The molecule has 0 spiro atoms. The molecule has 2 atom stereocenters. The van der Waals surface area contributed by atoms with Crippen LogP contribution in [0.1, 0.15) is 41.6 Å². The summed E-state index contributed by atoms with van der Waals surface area (Å²) in [5.41, 5.74) is 2.20. The summed E-state index contributed by atoms with van der Waals surface area (Å²) in [6, 6.07) is 8.12. The average molecular weight is 244 g/mol. The number of hydrogen-bond acceptors (Lipinski definition) is 2. The van der Waals surface area contributed by atoms with E-state index < -0.39 is 0 Å². The second-order valence-electron chi connectivity index (χ2n) is 5.50. The molecule has 1 fully saturated rings. The quantitative estimate of drug-likeness (QED) is 0.709. The number of carbonyl (C=O) groups is 1. The monoisotopic (exact) mass is 244 g/mol. The number of rotatable bonds is 1. The van der Waals surface area contributed by atoms with E-state index in [1.807, 2.05) is 18.2 Å². The highest BCUT2D eigenvalue weighted by Gasteiger charge is 2.32. The van der Waals surface area contributed by atoms with Crippen molar-refractivity contribution < 1.29 is 9.53 Å². The van der Waals surface area contributed by atoms with Gasteiger partial charge in [-0.25, -0.2) is 0 Å². The number of ketones is 1. The smallest absolute Gasteiger partial charge is 0.166 e. The van der Waals surface area contributed by atoms with Gasteiger partial charge in [-0.15, -0.1) is 0 Å². The van der Waals surface area contributed by atoms with E-state index in [2.05, 4.69) is 6.07 Å². The number of Topliss-reactive ketones (excluding diaryl/α,β-unsaturated/α-hetero) is 1. The predicted octanol–water partition coefficient (Wildman–Crippen LogP) is 3.25. The van der Waals surface area contributed by atoms with Crippen molar-refractivity contribution in [3.05, 3.63) is 35.4 Å². The Balaban J connectivity index is 1.86. The minimum Gasteiger partial charge on any atom is -0.381 e. The van der Waals surface area contributed by atoms with Crippen LogP contribution in [0.15, 0.2) is 24.3 Å². The van der Waals surface area contributed by atoms with Gasteiger partial charge in [0.25, 0.3) is 0 Å². The maximum absolute atomic E-state index is 12.7. The molecule has 1 aliphatic carbocycles. The normalized spacial score (nSPS) is 28.6. The van der Waals surface area contributed by atoms with Gasteiger partial charge in [-0.1, -0.05) is 24.3 Å². The zero-order valence-corrected chi connectivity index (χ0v) is 10.7. The molecule has 96 valence electrons. The third kappa shape index (κ3) is 2.22. The van der Waals surface area contributed by atoms with Gasteiger partial charge in [-0.05, 0) is 43.6 Å². The first-order chi connectivity index (χ1) is 8.86. The van der Waals surface area contributed by atoms with Crippen molar-refractivity contribution in [1.82, 2.24) is 0 Å². The summed E-state index contributed by atoms with van der Waals surface area (Å²) >= 11 is 0. The Morgan fingerprint density at radius 3 is 2.83 bits per heavy atom. The molecule has 2 unspecified atom stereocenters. The molecule has 1 aromatic carbocycles. The molecule has 1 saturated heterocycles. The lowest BCUT2D eigenvalue weighted by Crippen LogP contribution is -2.30. The van der Waals surface area contributed by atoms with E-state index in [-0.39, 0.29) is 5.92 Å². The van der Waals surface area contributed by atoms with E-state index in [1.165, 1.54) is 5.56 Å². The Bertz CT molecular complexity index is 432. The van der Waals surface area contributed by atoms with E-state index in [1.54, 1.807) is 0 Å². The second kappa shape index (κ2) is 5.23. The molecule has 2 heteroatoms. The Morgan fingerprint density at radius 1 is 1.11 bits per heavy atom. The first kappa shape index (κ1) is 11.9. The minimum atomic E-state index is 0.189. The molecular weight excluding hydrogens is 224 g/mol. The Kier molecular flexibility index (Phi) is 3.46. The minimum absolute atomic E-state index is 0.189. The van der Waals surface area contributed by atoms with Crippen LogP contribution in [0.3, 0.4) is 0 Å². The molecule has 2 nitrogen and oxygen atoms in total. The van der Waals surface area contributed by atoms with E-state index in [4.69, 9.17) is 4.74 Å². The van der Waals surface area contributed by atoms with Crippen LogP contribution in [-0.2, 0) is 11.2 Å². The van der Waals surface area contributed by atoms with Crippen molar-refractivity contribution >= 4 is 5.78 Å². The maximum Gasteiger partial charge on any atom is 0.166 e. The van der Waals surface area contributed by atoms with Crippen molar-refractivity contribution in [2.75, 3.05) is 13.2 Å². The zero-order chi connectivity index (χ0) is 12.4. The number of ether oxygens (including phenoxy) is 1. The molecular formula is C16H20O2. The molecule has 3 rings (SSSR count). The summed E-state index contributed by atoms with van der Waals surface area (Å²) in [7, 11) is 0. The molecule has 0 aromatic heterocycles. The van der Waals surface area contributed by atoms with Crippen LogP contribution in [0.2, 0.25) is 0 Å². The molecule has 1 heterocycles. The molecule has 0 bridgehead atoms. The average Bonchev–Trinajstić information content (AvgIpc) is 2.60. The van der Waals surface area contributed by atoms with Crippen LogP contribution < -0.4 is 0 Å². The highest BCUT2D eigenvalue weighted by Crippen LogP contribution is 2.33. The molecule has 2 aliphatic rings. The van der Waals surface area contributed by atoms with Gasteiger partial charge >= 0.3 is 0 Å². The molecule has 18 heavy (non-hydrogen) atoms. The highest BCUT2D eigenvalue weighted by atomic mass is 16.5. The van der Waals surface area contributed by atoms with Crippen molar-refractivity contribution in [3.8, 4) is 0 Å². The summed E-state index contributed by atoms with van der Waals surface area (Å²) in [6.45, 7) is 1.65. The van der Waals surface area contributed by atoms with Crippen molar-refractivity contribution in [2.24, 2.45) is 11.8 Å². The van der Waals surface area contributed by atoms with Crippen molar-refractivity contribution in [1.29, 1.82) is 0 Å². The predicted molar refractivity (Wildman–Crippen MR) is 70.7 cm³/mol. The third-order valence-corrected chi connectivity index (χ3v) is 4.35. The van der Waals surface area contributed by atoms with Crippen LogP contribution in [0.25, 0.3) is 0 Å². The van der Waals surface area contributed by atoms with Crippen LogP contribution in [0.5, 0.6) is 0 Å². The Labute approximate surface area is 108 Å². The van der Waals surface area contributed by atoms with Crippen LogP contribution in [0, 0.1) is 11.8 Å². The van der Waals surface area contributed by atoms with Gasteiger partial charge in [0, 0.05) is 18.1 Å². The lowest BCUT2D eigenvalue weighted by Gasteiger charge is -2.28. The number of carbonyl (C=O) groups excluding carboxylic acids is 1. The van der Waals surface area contributed by atoms with Crippen LogP contribution in [0.4, 0.5) is 0 Å². The first-order valence-corrected chi connectivity index (χ1v) is 7.06. The fourth-order valence-electron chi connectivity index (χ4n) is 3.35. The summed E-state index contributed by atoms with van der Waals surface area (Å²) in [6.07, 6.45) is 5.46.